The minimum absolute atomic E-state index is 0.335. The molecule has 0 aliphatic carbocycles. The predicted molar refractivity (Wildman–Crippen MR) is 73.3 cm³/mol. The summed E-state index contributed by atoms with van der Waals surface area (Å²) in [7, 11) is 1.67. The van der Waals surface area contributed by atoms with E-state index in [9.17, 15) is 13.2 Å². The number of halogens is 4. The minimum atomic E-state index is -1.45. The van der Waals surface area contributed by atoms with Crippen LogP contribution in [0.5, 0.6) is 0 Å². The lowest BCUT2D eigenvalue weighted by Crippen LogP contribution is -2.19. The highest BCUT2D eigenvalue weighted by Crippen LogP contribution is 2.23. The third kappa shape index (κ3) is 3.32. The predicted octanol–water partition coefficient (Wildman–Crippen LogP) is 4.26. The van der Waals surface area contributed by atoms with Crippen LogP contribution in [0.4, 0.5) is 13.2 Å². The van der Waals surface area contributed by atoms with Gasteiger partial charge < -0.3 is 5.32 Å². The summed E-state index contributed by atoms with van der Waals surface area (Å²) in [6.07, 6.45) is 0.488. The highest BCUT2D eigenvalue weighted by atomic mass is 35.5. The van der Waals surface area contributed by atoms with Crippen LogP contribution in [0.1, 0.15) is 17.2 Å². The van der Waals surface area contributed by atoms with E-state index in [4.69, 9.17) is 11.6 Å². The number of hydrogen-bond donors (Lipinski definition) is 1. The first-order valence-electron chi connectivity index (χ1n) is 6.07. The molecule has 0 bridgehead atoms. The summed E-state index contributed by atoms with van der Waals surface area (Å²) < 4.78 is 39.5. The zero-order valence-corrected chi connectivity index (χ0v) is 11.5. The van der Waals surface area contributed by atoms with E-state index in [1.807, 2.05) is 6.07 Å². The molecule has 5 heteroatoms. The van der Waals surface area contributed by atoms with E-state index in [-0.39, 0.29) is 6.04 Å². The van der Waals surface area contributed by atoms with Crippen molar-refractivity contribution in [2.75, 3.05) is 7.05 Å². The third-order valence-electron chi connectivity index (χ3n) is 3.09. The van der Waals surface area contributed by atoms with Crippen LogP contribution in [0.3, 0.4) is 0 Å². The van der Waals surface area contributed by atoms with Crippen molar-refractivity contribution in [2.45, 2.75) is 12.5 Å². The van der Waals surface area contributed by atoms with Crippen molar-refractivity contribution in [3.05, 3.63) is 70.0 Å². The van der Waals surface area contributed by atoms with Gasteiger partial charge >= 0.3 is 0 Å². The summed E-state index contributed by atoms with van der Waals surface area (Å²) >= 11 is 5.90. The van der Waals surface area contributed by atoms with Gasteiger partial charge in [0.15, 0.2) is 17.5 Å². The summed E-state index contributed by atoms with van der Waals surface area (Å²) in [5, 5.41) is 3.55. The van der Waals surface area contributed by atoms with Gasteiger partial charge in [0.05, 0.1) is 0 Å². The van der Waals surface area contributed by atoms with Gasteiger partial charge in [0.2, 0.25) is 0 Å². The SMILES string of the molecule is CNC(Cc1cccc(Cl)c1)c1cc(F)c(F)c(F)c1. The molecule has 2 rings (SSSR count). The van der Waals surface area contributed by atoms with Gasteiger partial charge in [0, 0.05) is 11.1 Å². The molecule has 1 N–H and O–H groups in total. The lowest BCUT2D eigenvalue weighted by molar-refractivity contribution is 0.441. The van der Waals surface area contributed by atoms with Crippen LogP contribution in [0, 0.1) is 17.5 Å². The highest BCUT2D eigenvalue weighted by molar-refractivity contribution is 6.30. The van der Waals surface area contributed by atoms with Crippen molar-refractivity contribution in [2.24, 2.45) is 0 Å². The number of rotatable bonds is 4. The van der Waals surface area contributed by atoms with Crippen LogP contribution in [0.25, 0.3) is 0 Å². The Morgan fingerprint density at radius 2 is 1.75 bits per heavy atom. The van der Waals surface area contributed by atoms with Crippen molar-refractivity contribution in [1.82, 2.24) is 5.32 Å². The van der Waals surface area contributed by atoms with Gasteiger partial charge in [-0.05, 0) is 48.9 Å². The smallest absolute Gasteiger partial charge is 0.194 e. The van der Waals surface area contributed by atoms with E-state index in [0.29, 0.717) is 17.0 Å². The van der Waals surface area contributed by atoms with Gasteiger partial charge in [-0.15, -0.1) is 0 Å². The largest absolute Gasteiger partial charge is 0.313 e. The van der Waals surface area contributed by atoms with Gasteiger partial charge in [-0.25, -0.2) is 13.2 Å². The molecule has 2 aromatic carbocycles. The average molecular weight is 300 g/mol. The standard InChI is InChI=1S/C15H13ClF3N/c1-20-14(6-9-3-2-4-11(16)5-9)10-7-12(17)15(19)13(18)8-10/h2-5,7-8,14,20H,6H2,1H3. The summed E-state index contributed by atoms with van der Waals surface area (Å²) in [5.41, 5.74) is 1.27. The maximum atomic E-state index is 13.3. The molecule has 0 fully saturated rings. The summed E-state index contributed by atoms with van der Waals surface area (Å²) in [6, 6.07) is 8.87. The van der Waals surface area contributed by atoms with Gasteiger partial charge in [-0.1, -0.05) is 23.7 Å². The first kappa shape index (κ1) is 14.9. The van der Waals surface area contributed by atoms with E-state index < -0.39 is 17.5 Å². The molecule has 0 amide bonds. The lowest BCUT2D eigenvalue weighted by atomic mass is 9.98. The Morgan fingerprint density at radius 3 is 2.30 bits per heavy atom. The Balaban J connectivity index is 2.29. The molecule has 2 aromatic rings. The second-order valence-electron chi connectivity index (χ2n) is 4.47. The molecule has 20 heavy (non-hydrogen) atoms. The van der Waals surface area contributed by atoms with Crippen LogP contribution in [0.15, 0.2) is 36.4 Å². The third-order valence-corrected chi connectivity index (χ3v) is 3.32. The molecule has 0 saturated carbocycles. The molecular formula is C15H13ClF3N. The van der Waals surface area contributed by atoms with Crippen molar-refractivity contribution in [3.63, 3.8) is 0 Å². The molecule has 1 unspecified atom stereocenters. The normalized spacial score (nSPS) is 12.4. The van der Waals surface area contributed by atoms with E-state index in [1.54, 1.807) is 25.2 Å². The van der Waals surface area contributed by atoms with Gasteiger partial charge in [0.1, 0.15) is 0 Å². The molecule has 0 aliphatic heterocycles. The molecule has 0 aromatic heterocycles. The topological polar surface area (TPSA) is 12.0 Å². The number of hydrogen-bond acceptors (Lipinski definition) is 1. The van der Waals surface area contributed by atoms with E-state index in [0.717, 1.165) is 17.7 Å². The first-order chi connectivity index (χ1) is 9.51. The Kier molecular flexibility index (Phi) is 4.68. The Bertz CT molecular complexity index is 593. The van der Waals surface area contributed by atoms with Crippen LogP contribution in [-0.4, -0.2) is 7.05 Å². The van der Waals surface area contributed by atoms with E-state index in [1.165, 1.54) is 0 Å². The molecular weight excluding hydrogens is 287 g/mol. The van der Waals surface area contributed by atoms with E-state index >= 15 is 0 Å². The van der Waals surface area contributed by atoms with Crippen molar-refractivity contribution in [1.29, 1.82) is 0 Å². The molecule has 0 spiro atoms. The fourth-order valence-electron chi connectivity index (χ4n) is 2.06. The maximum absolute atomic E-state index is 13.3. The van der Waals surface area contributed by atoms with Crippen LogP contribution in [-0.2, 0) is 6.42 Å². The zero-order valence-electron chi connectivity index (χ0n) is 10.8. The summed E-state index contributed by atoms with van der Waals surface area (Å²) in [4.78, 5) is 0. The fraction of sp³-hybridized carbons (Fsp3) is 0.200. The van der Waals surface area contributed by atoms with Crippen LogP contribution >= 0.6 is 11.6 Å². The Labute approximate surface area is 120 Å². The zero-order chi connectivity index (χ0) is 14.7. The van der Waals surface area contributed by atoms with Crippen molar-refractivity contribution in [3.8, 4) is 0 Å². The molecule has 0 saturated heterocycles. The quantitative estimate of drug-likeness (QED) is 0.832. The van der Waals surface area contributed by atoms with Crippen LogP contribution in [0.2, 0.25) is 5.02 Å². The van der Waals surface area contributed by atoms with Crippen molar-refractivity contribution >= 4 is 11.6 Å². The first-order valence-corrected chi connectivity index (χ1v) is 6.45. The molecule has 106 valence electrons. The molecule has 1 nitrogen and oxygen atoms in total. The second kappa shape index (κ2) is 6.29. The molecule has 0 aliphatic rings. The monoisotopic (exact) mass is 299 g/mol. The highest BCUT2D eigenvalue weighted by Gasteiger charge is 2.16. The molecule has 0 heterocycles. The number of benzene rings is 2. The Hall–Kier alpha value is -1.52. The van der Waals surface area contributed by atoms with Crippen molar-refractivity contribution < 1.29 is 13.2 Å². The van der Waals surface area contributed by atoms with E-state index in [2.05, 4.69) is 5.32 Å². The molecule has 1 atom stereocenters. The van der Waals surface area contributed by atoms with Crippen LogP contribution < -0.4 is 5.32 Å². The van der Waals surface area contributed by atoms with Gasteiger partial charge in [-0.3, -0.25) is 0 Å². The average Bonchev–Trinajstić information content (AvgIpc) is 2.41. The minimum Gasteiger partial charge on any atom is -0.313 e. The van der Waals surface area contributed by atoms with Gasteiger partial charge in [-0.2, -0.15) is 0 Å². The molecule has 0 radical (unpaired) electrons. The summed E-state index contributed by atoms with van der Waals surface area (Å²) in [6.45, 7) is 0. The maximum Gasteiger partial charge on any atom is 0.194 e. The lowest BCUT2D eigenvalue weighted by Gasteiger charge is -2.17. The summed E-state index contributed by atoms with van der Waals surface area (Å²) in [5.74, 6) is -3.83. The number of likely N-dealkylation sites (N-methyl/N-ethyl adjacent to an activating group) is 1. The Morgan fingerprint density at radius 1 is 1.10 bits per heavy atom. The second-order valence-corrected chi connectivity index (χ2v) is 4.91. The van der Waals surface area contributed by atoms with Gasteiger partial charge in [0.25, 0.3) is 0 Å². The fourth-order valence-corrected chi connectivity index (χ4v) is 2.28. The number of nitrogens with one attached hydrogen (secondary N) is 1.